The van der Waals surface area contributed by atoms with E-state index in [1.165, 1.54) is 0 Å². The van der Waals surface area contributed by atoms with Gasteiger partial charge in [-0.1, -0.05) is 26.0 Å². The first-order valence-electron chi connectivity index (χ1n) is 8.17. The maximum absolute atomic E-state index is 11.8. The number of H-pyrrole nitrogens is 1. The second-order valence-corrected chi connectivity index (χ2v) is 6.21. The van der Waals surface area contributed by atoms with Crippen molar-refractivity contribution in [3.8, 4) is 0 Å². The predicted octanol–water partition coefficient (Wildman–Crippen LogP) is 2.20. The summed E-state index contributed by atoms with van der Waals surface area (Å²) in [5, 5.41) is 14.9. The van der Waals surface area contributed by atoms with Crippen LogP contribution in [0, 0.1) is 5.92 Å². The summed E-state index contributed by atoms with van der Waals surface area (Å²) in [6.07, 6.45) is 2.36. The van der Waals surface area contributed by atoms with Gasteiger partial charge in [-0.05, 0) is 30.9 Å². The van der Waals surface area contributed by atoms with E-state index < -0.39 is 0 Å². The number of aryl methyl sites for hydroxylation is 1. The molecule has 1 unspecified atom stereocenters. The summed E-state index contributed by atoms with van der Waals surface area (Å²) in [7, 11) is 0. The smallest absolute Gasteiger partial charge is 0.315 e. The highest BCUT2D eigenvalue weighted by molar-refractivity contribution is 5.75. The molecule has 0 fully saturated rings. The zero-order valence-corrected chi connectivity index (χ0v) is 13.8. The molecular formula is C17H26N4O2. The first-order chi connectivity index (χ1) is 11.1. The molecule has 0 radical (unpaired) electrons. The Labute approximate surface area is 136 Å². The van der Waals surface area contributed by atoms with E-state index in [4.69, 9.17) is 0 Å². The molecule has 1 aromatic heterocycles. The minimum Gasteiger partial charge on any atom is -0.394 e. The number of benzene rings is 1. The predicted molar refractivity (Wildman–Crippen MR) is 91.3 cm³/mol. The number of hydrogen-bond acceptors (Lipinski definition) is 3. The van der Waals surface area contributed by atoms with Gasteiger partial charge in [-0.25, -0.2) is 9.78 Å². The van der Waals surface area contributed by atoms with Gasteiger partial charge >= 0.3 is 6.03 Å². The Bertz CT molecular complexity index is 591. The Hall–Kier alpha value is -2.08. The van der Waals surface area contributed by atoms with Gasteiger partial charge in [0.1, 0.15) is 5.82 Å². The highest BCUT2D eigenvalue weighted by Gasteiger charge is 2.12. The number of imidazole rings is 1. The van der Waals surface area contributed by atoms with Gasteiger partial charge in [-0.3, -0.25) is 0 Å². The summed E-state index contributed by atoms with van der Waals surface area (Å²) in [6, 6.07) is 7.50. The molecular weight excluding hydrogens is 292 g/mol. The van der Waals surface area contributed by atoms with Crippen molar-refractivity contribution in [2.45, 2.75) is 39.2 Å². The van der Waals surface area contributed by atoms with Gasteiger partial charge in [0, 0.05) is 13.0 Å². The monoisotopic (exact) mass is 318 g/mol. The Morgan fingerprint density at radius 2 is 2.13 bits per heavy atom. The van der Waals surface area contributed by atoms with E-state index in [9.17, 15) is 9.90 Å². The van der Waals surface area contributed by atoms with Gasteiger partial charge in [0.25, 0.3) is 0 Å². The van der Waals surface area contributed by atoms with Crippen LogP contribution in [0.2, 0.25) is 0 Å². The Morgan fingerprint density at radius 3 is 2.83 bits per heavy atom. The highest BCUT2D eigenvalue weighted by atomic mass is 16.3. The number of carbonyl (C=O) groups excluding carboxylic acids is 1. The first-order valence-corrected chi connectivity index (χ1v) is 8.17. The van der Waals surface area contributed by atoms with Crippen molar-refractivity contribution in [2.75, 3.05) is 13.2 Å². The van der Waals surface area contributed by atoms with Crippen LogP contribution in [0.25, 0.3) is 11.0 Å². The maximum Gasteiger partial charge on any atom is 0.315 e. The Balaban J connectivity index is 1.69. The molecule has 0 aliphatic carbocycles. The molecule has 6 heteroatoms. The molecule has 126 valence electrons. The number of hydrogen-bond donors (Lipinski definition) is 4. The molecule has 1 atom stereocenters. The number of urea groups is 1. The lowest BCUT2D eigenvalue weighted by atomic mass is 10.0. The zero-order chi connectivity index (χ0) is 16.7. The standard InChI is InChI=1S/C17H26N4O2/c1-12(2)10-13(11-22)19-17(23)18-9-5-8-16-20-14-6-3-4-7-15(14)21-16/h3-4,6-7,12-13,22H,5,8-11H2,1-2H3,(H,20,21)(H2,18,19,23). The molecule has 1 heterocycles. The number of aromatic nitrogens is 2. The number of amides is 2. The van der Waals surface area contributed by atoms with Gasteiger partial charge in [-0.15, -0.1) is 0 Å². The van der Waals surface area contributed by atoms with E-state index in [0.29, 0.717) is 12.5 Å². The number of para-hydroxylation sites is 2. The second-order valence-electron chi connectivity index (χ2n) is 6.21. The average Bonchev–Trinajstić information content (AvgIpc) is 2.93. The average molecular weight is 318 g/mol. The van der Waals surface area contributed by atoms with Crippen LogP contribution in [0.3, 0.4) is 0 Å². The van der Waals surface area contributed by atoms with Gasteiger partial charge in [0.2, 0.25) is 0 Å². The van der Waals surface area contributed by atoms with Crippen molar-refractivity contribution >= 4 is 17.1 Å². The molecule has 0 saturated heterocycles. The van der Waals surface area contributed by atoms with Crippen LogP contribution in [0.4, 0.5) is 4.79 Å². The lowest BCUT2D eigenvalue weighted by Gasteiger charge is -2.18. The van der Waals surface area contributed by atoms with Crippen molar-refractivity contribution in [1.82, 2.24) is 20.6 Å². The Morgan fingerprint density at radius 1 is 1.35 bits per heavy atom. The molecule has 2 rings (SSSR count). The van der Waals surface area contributed by atoms with E-state index in [1.807, 2.05) is 24.3 Å². The molecule has 0 aliphatic rings. The number of aromatic amines is 1. The molecule has 6 nitrogen and oxygen atoms in total. The fraction of sp³-hybridized carbons (Fsp3) is 0.529. The number of carbonyl (C=O) groups is 1. The van der Waals surface area contributed by atoms with Crippen LogP contribution in [-0.4, -0.2) is 40.3 Å². The fourth-order valence-electron chi connectivity index (χ4n) is 2.57. The number of nitrogens with one attached hydrogen (secondary N) is 3. The van der Waals surface area contributed by atoms with Crippen molar-refractivity contribution in [1.29, 1.82) is 0 Å². The topological polar surface area (TPSA) is 90.0 Å². The van der Waals surface area contributed by atoms with E-state index >= 15 is 0 Å². The van der Waals surface area contributed by atoms with Crippen molar-refractivity contribution < 1.29 is 9.90 Å². The Kier molecular flexibility index (Phi) is 6.40. The third-order valence-corrected chi connectivity index (χ3v) is 3.63. The number of aliphatic hydroxyl groups excluding tert-OH is 1. The molecule has 2 aromatic rings. The highest BCUT2D eigenvalue weighted by Crippen LogP contribution is 2.11. The number of fused-ring (bicyclic) bond motifs is 1. The summed E-state index contributed by atoms with van der Waals surface area (Å²) in [5.41, 5.74) is 2.00. The molecule has 0 bridgehead atoms. The first kappa shape index (κ1) is 17.3. The maximum atomic E-state index is 11.8. The summed E-state index contributed by atoms with van der Waals surface area (Å²) in [5.74, 6) is 1.36. The van der Waals surface area contributed by atoms with E-state index in [2.05, 4.69) is 34.4 Å². The largest absolute Gasteiger partial charge is 0.394 e. The van der Waals surface area contributed by atoms with Crippen molar-refractivity contribution in [3.63, 3.8) is 0 Å². The number of aliphatic hydroxyl groups is 1. The molecule has 4 N–H and O–H groups in total. The molecule has 0 saturated carbocycles. The quantitative estimate of drug-likeness (QED) is 0.562. The van der Waals surface area contributed by atoms with Crippen molar-refractivity contribution in [3.05, 3.63) is 30.1 Å². The minimum absolute atomic E-state index is 0.0371. The third-order valence-electron chi connectivity index (χ3n) is 3.63. The van der Waals surface area contributed by atoms with Crippen LogP contribution >= 0.6 is 0 Å². The van der Waals surface area contributed by atoms with Crippen LogP contribution in [0.1, 0.15) is 32.5 Å². The summed E-state index contributed by atoms with van der Waals surface area (Å²) >= 11 is 0. The lowest BCUT2D eigenvalue weighted by molar-refractivity contribution is 0.207. The van der Waals surface area contributed by atoms with Crippen LogP contribution < -0.4 is 10.6 Å². The van der Waals surface area contributed by atoms with Crippen LogP contribution in [0.15, 0.2) is 24.3 Å². The zero-order valence-electron chi connectivity index (χ0n) is 13.8. The lowest BCUT2D eigenvalue weighted by Crippen LogP contribution is -2.44. The molecule has 23 heavy (non-hydrogen) atoms. The van der Waals surface area contributed by atoms with E-state index in [1.54, 1.807) is 0 Å². The van der Waals surface area contributed by atoms with E-state index in [-0.39, 0.29) is 18.7 Å². The van der Waals surface area contributed by atoms with Crippen LogP contribution in [-0.2, 0) is 6.42 Å². The molecule has 0 aliphatic heterocycles. The van der Waals surface area contributed by atoms with E-state index in [0.717, 1.165) is 36.1 Å². The van der Waals surface area contributed by atoms with Gasteiger partial charge in [0.15, 0.2) is 0 Å². The minimum atomic E-state index is -0.227. The number of nitrogens with zero attached hydrogens (tertiary/aromatic N) is 1. The van der Waals surface area contributed by atoms with Crippen molar-refractivity contribution in [2.24, 2.45) is 5.92 Å². The third kappa shape index (κ3) is 5.56. The van der Waals surface area contributed by atoms with Gasteiger partial charge in [-0.2, -0.15) is 0 Å². The molecule has 1 aromatic carbocycles. The van der Waals surface area contributed by atoms with Crippen LogP contribution in [0.5, 0.6) is 0 Å². The summed E-state index contributed by atoms with van der Waals surface area (Å²) in [4.78, 5) is 19.6. The number of rotatable bonds is 8. The van der Waals surface area contributed by atoms with Gasteiger partial charge in [0.05, 0.1) is 23.7 Å². The second kappa shape index (κ2) is 8.53. The van der Waals surface area contributed by atoms with Gasteiger partial charge < -0.3 is 20.7 Å². The molecule has 0 spiro atoms. The fourth-order valence-corrected chi connectivity index (χ4v) is 2.57. The normalized spacial score (nSPS) is 12.5. The molecule has 2 amide bonds. The summed E-state index contributed by atoms with van der Waals surface area (Å²) in [6.45, 7) is 4.67. The SMILES string of the molecule is CC(C)CC(CO)NC(=O)NCCCc1nc2ccccc2[nH]1. The summed E-state index contributed by atoms with van der Waals surface area (Å²) < 4.78 is 0.